The van der Waals surface area contributed by atoms with Gasteiger partial charge in [0, 0.05) is 11.8 Å². The first-order valence-corrected chi connectivity index (χ1v) is 6.79. The van der Waals surface area contributed by atoms with E-state index in [9.17, 15) is 13.6 Å². The molecular formula is C15H16F2N4O2. The highest BCUT2D eigenvalue weighted by Crippen LogP contribution is 2.18. The third kappa shape index (κ3) is 5.17. The second-order valence-corrected chi connectivity index (χ2v) is 5.68. The number of nitrogens with zero attached hydrogens (tertiary/aromatic N) is 2. The average Bonchev–Trinajstić information content (AvgIpc) is 2.43. The predicted molar refractivity (Wildman–Crippen MR) is 81.5 cm³/mol. The Balaban J connectivity index is 1.99. The van der Waals surface area contributed by atoms with Gasteiger partial charge >= 0.3 is 6.09 Å². The monoisotopic (exact) mass is 322 g/mol. The molecule has 2 rings (SSSR count). The van der Waals surface area contributed by atoms with Crippen LogP contribution < -0.4 is 10.6 Å². The molecule has 0 spiro atoms. The molecule has 0 fully saturated rings. The van der Waals surface area contributed by atoms with Gasteiger partial charge in [0.15, 0.2) is 23.3 Å². The van der Waals surface area contributed by atoms with E-state index in [1.165, 1.54) is 18.2 Å². The number of rotatable bonds is 3. The molecule has 0 aliphatic heterocycles. The summed E-state index contributed by atoms with van der Waals surface area (Å²) >= 11 is 0. The molecule has 0 radical (unpaired) electrons. The fourth-order valence-corrected chi connectivity index (χ4v) is 1.60. The number of hydrogen-bond donors (Lipinski definition) is 2. The lowest BCUT2D eigenvalue weighted by Crippen LogP contribution is -2.27. The van der Waals surface area contributed by atoms with E-state index in [2.05, 4.69) is 20.8 Å². The fraction of sp³-hybridized carbons (Fsp3) is 0.267. The maximum atomic E-state index is 13.1. The number of anilines is 3. The molecule has 6 nitrogen and oxygen atoms in total. The van der Waals surface area contributed by atoms with Crippen molar-refractivity contribution in [3.05, 3.63) is 42.0 Å². The highest BCUT2D eigenvalue weighted by atomic mass is 19.2. The smallest absolute Gasteiger partial charge is 0.413 e. The van der Waals surface area contributed by atoms with Crippen LogP contribution in [0.3, 0.4) is 0 Å². The first kappa shape index (κ1) is 16.6. The van der Waals surface area contributed by atoms with E-state index in [1.807, 2.05) is 0 Å². The van der Waals surface area contributed by atoms with E-state index in [0.717, 1.165) is 12.1 Å². The molecule has 0 bridgehead atoms. The zero-order valence-corrected chi connectivity index (χ0v) is 12.9. The number of nitrogens with one attached hydrogen (secondary N) is 2. The van der Waals surface area contributed by atoms with E-state index in [1.54, 1.807) is 20.8 Å². The molecule has 122 valence electrons. The van der Waals surface area contributed by atoms with Crippen molar-refractivity contribution in [1.29, 1.82) is 0 Å². The Morgan fingerprint density at radius 3 is 2.26 bits per heavy atom. The van der Waals surface area contributed by atoms with Gasteiger partial charge in [-0.05, 0) is 45.0 Å². The van der Waals surface area contributed by atoms with Gasteiger partial charge in [0.25, 0.3) is 0 Å². The van der Waals surface area contributed by atoms with Crippen molar-refractivity contribution in [2.75, 3.05) is 10.6 Å². The Bertz CT molecular complexity index is 700. The second kappa shape index (κ2) is 6.55. The number of carbonyl (C=O) groups excluding carboxylic acids is 1. The van der Waals surface area contributed by atoms with Crippen molar-refractivity contribution in [1.82, 2.24) is 10.2 Å². The Kier molecular flexibility index (Phi) is 4.73. The summed E-state index contributed by atoms with van der Waals surface area (Å²) in [6.07, 6.45) is -0.645. The van der Waals surface area contributed by atoms with Gasteiger partial charge in [-0.25, -0.2) is 13.6 Å². The zero-order chi connectivity index (χ0) is 17.0. The molecule has 1 aromatic heterocycles. The van der Waals surface area contributed by atoms with Crippen molar-refractivity contribution in [3.63, 3.8) is 0 Å². The molecule has 2 N–H and O–H groups in total. The number of amides is 1. The molecule has 1 aromatic carbocycles. The first-order valence-electron chi connectivity index (χ1n) is 6.79. The molecule has 0 atom stereocenters. The van der Waals surface area contributed by atoms with Gasteiger partial charge in [0.1, 0.15) is 5.60 Å². The highest BCUT2D eigenvalue weighted by Gasteiger charge is 2.16. The lowest BCUT2D eigenvalue weighted by Gasteiger charge is -2.19. The highest BCUT2D eigenvalue weighted by molar-refractivity contribution is 5.83. The van der Waals surface area contributed by atoms with Gasteiger partial charge in [-0.1, -0.05) is 0 Å². The largest absolute Gasteiger partial charge is 0.444 e. The van der Waals surface area contributed by atoms with E-state index in [4.69, 9.17) is 4.74 Å². The summed E-state index contributed by atoms with van der Waals surface area (Å²) in [7, 11) is 0. The molecule has 1 amide bonds. The summed E-state index contributed by atoms with van der Waals surface area (Å²) in [5.41, 5.74) is -0.294. The number of benzene rings is 1. The van der Waals surface area contributed by atoms with Crippen molar-refractivity contribution < 1.29 is 18.3 Å². The number of aromatic nitrogens is 2. The van der Waals surface area contributed by atoms with E-state index in [-0.39, 0.29) is 5.82 Å². The third-order valence-electron chi connectivity index (χ3n) is 2.49. The van der Waals surface area contributed by atoms with Crippen LogP contribution >= 0.6 is 0 Å². The molecule has 8 heteroatoms. The van der Waals surface area contributed by atoms with E-state index >= 15 is 0 Å². The zero-order valence-electron chi connectivity index (χ0n) is 12.9. The van der Waals surface area contributed by atoms with Crippen LogP contribution in [-0.2, 0) is 4.74 Å². The Hall–Kier alpha value is -2.77. The molecule has 0 aliphatic carbocycles. The second-order valence-electron chi connectivity index (χ2n) is 5.68. The van der Waals surface area contributed by atoms with E-state index in [0.29, 0.717) is 11.5 Å². The minimum Gasteiger partial charge on any atom is -0.444 e. The van der Waals surface area contributed by atoms with Crippen LogP contribution in [0.25, 0.3) is 0 Å². The standard InChI is InChI=1S/C15H16F2N4O2/c1-15(2,3)23-14(22)19-13-7-6-12(20-21-13)18-9-4-5-10(16)11(17)8-9/h4-8H,1-3H3,(H,18,20)(H,19,21,22). The predicted octanol–water partition coefficient (Wildman–Crippen LogP) is 3.85. The Morgan fingerprint density at radius 2 is 1.70 bits per heavy atom. The first-order chi connectivity index (χ1) is 10.7. The quantitative estimate of drug-likeness (QED) is 0.898. The lowest BCUT2D eigenvalue weighted by molar-refractivity contribution is 0.0635. The summed E-state index contributed by atoms with van der Waals surface area (Å²) in [6, 6.07) is 6.40. The molecule has 1 heterocycles. The van der Waals surface area contributed by atoms with Crippen LogP contribution in [0, 0.1) is 11.6 Å². The average molecular weight is 322 g/mol. The van der Waals surface area contributed by atoms with Crippen molar-refractivity contribution >= 4 is 23.4 Å². The van der Waals surface area contributed by atoms with Gasteiger partial charge < -0.3 is 10.1 Å². The molecule has 0 aliphatic rings. The molecule has 0 saturated carbocycles. The van der Waals surface area contributed by atoms with Crippen LogP contribution in [0.4, 0.5) is 30.9 Å². The topological polar surface area (TPSA) is 76.1 Å². The van der Waals surface area contributed by atoms with Gasteiger partial charge in [0.2, 0.25) is 0 Å². The van der Waals surface area contributed by atoms with Gasteiger partial charge in [-0.2, -0.15) is 0 Å². The number of halogens is 2. The summed E-state index contributed by atoms with van der Waals surface area (Å²) in [6.45, 7) is 5.23. The van der Waals surface area contributed by atoms with Crippen LogP contribution in [0.1, 0.15) is 20.8 Å². The molecule has 23 heavy (non-hydrogen) atoms. The number of ether oxygens (including phenoxy) is 1. The maximum Gasteiger partial charge on any atom is 0.413 e. The summed E-state index contributed by atoms with van der Waals surface area (Å²) < 4.78 is 31.0. The van der Waals surface area contributed by atoms with Gasteiger partial charge in [0.05, 0.1) is 0 Å². The Labute approximate surface area is 131 Å². The fourth-order valence-electron chi connectivity index (χ4n) is 1.60. The van der Waals surface area contributed by atoms with Crippen LogP contribution in [0.2, 0.25) is 0 Å². The SMILES string of the molecule is CC(C)(C)OC(=O)Nc1ccc(Nc2ccc(F)c(F)c2)nn1. The molecular weight excluding hydrogens is 306 g/mol. The van der Waals surface area contributed by atoms with Crippen molar-refractivity contribution in [2.45, 2.75) is 26.4 Å². The van der Waals surface area contributed by atoms with Gasteiger partial charge in [-0.15, -0.1) is 10.2 Å². The molecule has 0 saturated heterocycles. The normalized spacial score (nSPS) is 11.0. The number of carbonyl (C=O) groups is 1. The minimum absolute atomic E-state index is 0.204. The summed E-state index contributed by atoms with van der Waals surface area (Å²) in [5.74, 6) is -1.38. The number of hydrogen-bond acceptors (Lipinski definition) is 5. The Morgan fingerprint density at radius 1 is 1.04 bits per heavy atom. The van der Waals surface area contributed by atoms with Crippen LogP contribution in [0.15, 0.2) is 30.3 Å². The minimum atomic E-state index is -0.967. The maximum absolute atomic E-state index is 13.1. The van der Waals surface area contributed by atoms with E-state index < -0.39 is 23.3 Å². The third-order valence-corrected chi connectivity index (χ3v) is 2.49. The van der Waals surface area contributed by atoms with Crippen molar-refractivity contribution in [2.24, 2.45) is 0 Å². The van der Waals surface area contributed by atoms with Crippen molar-refractivity contribution in [3.8, 4) is 0 Å². The van der Waals surface area contributed by atoms with Crippen LogP contribution in [0.5, 0.6) is 0 Å². The molecule has 0 unspecified atom stereocenters. The van der Waals surface area contributed by atoms with Gasteiger partial charge in [-0.3, -0.25) is 5.32 Å². The van der Waals surface area contributed by atoms with Crippen LogP contribution in [-0.4, -0.2) is 21.9 Å². The summed E-state index contributed by atoms with van der Waals surface area (Å²) in [5, 5.41) is 12.8. The molecule has 2 aromatic rings. The lowest BCUT2D eigenvalue weighted by atomic mass is 10.2. The summed E-state index contributed by atoms with van der Waals surface area (Å²) in [4.78, 5) is 11.6.